The average molecular weight is 243 g/mol. The summed E-state index contributed by atoms with van der Waals surface area (Å²) in [5.41, 5.74) is 0. The molecule has 0 radical (unpaired) electrons. The smallest absolute Gasteiger partial charge is 0.230 e. The average Bonchev–Trinajstić information content (AvgIpc) is 2.77. The van der Waals surface area contributed by atoms with E-state index >= 15 is 0 Å². The second-order valence-corrected chi connectivity index (χ2v) is 6.68. The minimum Gasteiger partial charge on any atom is -0.316 e. The monoisotopic (exact) mass is 243 g/mol. The molecular formula is C10H17N3O2S. The van der Waals surface area contributed by atoms with Gasteiger partial charge in [-0.15, -0.1) is 0 Å². The number of hydrogen-bond acceptors (Lipinski definition) is 4. The van der Waals surface area contributed by atoms with Crippen molar-refractivity contribution in [2.75, 3.05) is 26.2 Å². The molecular weight excluding hydrogens is 226 g/mol. The Bertz CT molecular complexity index is 389. The van der Waals surface area contributed by atoms with Crippen LogP contribution in [0.15, 0.2) is 0 Å². The third-order valence-electron chi connectivity index (χ3n) is 3.59. The Labute approximate surface area is 96.5 Å². The van der Waals surface area contributed by atoms with Crippen LogP contribution in [-0.4, -0.2) is 44.2 Å². The number of hydrogen-bond donors (Lipinski definition) is 1. The van der Waals surface area contributed by atoms with E-state index in [1.54, 1.807) is 6.92 Å². The minimum atomic E-state index is -3.40. The van der Waals surface area contributed by atoms with Crippen molar-refractivity contribution in [1.82, 2.24) is 9.62 Å². The van der Waals surface area contributed by atoms with E-state index in [0.717, 1.165) is 13.1 Å². The molecule has 5 nitrogen and oxygen atoms in total. The fraction of sp³-hybridized carbons (Fsp3) is 0.900. The Morgan fingerprint density at radius 3 is 2.44 bits per heavy atom. The van der Waals surface area contributed by atoms with E-state index in [-0.39, 0.29) is 0 Å². The van der Waals surface area contributed by atoms with Gasteiger partial charge in [-0.3, -0.25) is 0 Å². The van der Waals surface area contributed by atoms with Crippen molar-refractivity contribution in [3.8, 4) is 6.07 Å². The van der Waals surface area contributed by atoms with E-state index in [2.05, 4.69) is 5.32 Å². The zero-order valence-corrected chi connectivity index (χ0v) is 10.2. The van der Waals surface area contributed by atoms with Gasteiger partial charge in [0.15, 0.2) is 5.25 Å². The molecule has 2 aliphatic heterocycles. The Balaban J connectivity index is 2.12. The topological polar surface area (TPSA) is 73.2 Å². The second-order valence-electron chi connectivity index (χ2n) is 4.57. The van der Waals surface area contributed by atoms with Crippen molar-refractivity contribution in [2.24, 2.45) is 11.8 Å². The maximum atomic E-state index is 12.1. The summed E-state index contributed by atoms with van der Waals surface area (Å²) < 4.78 is 25.7. The molecule has 0 aromatic heterocycles. The molecule has 1 N–H and O–H groups in total. The summed E-state index contributed by atoms with van der Waals surface area (Å²) in [6.45, 7) is 4.71. The summed E-state index contributed by atoms with van der Waals surface area (Å²) in [5.74, 6) is 0.872. The zero-order valence-electron chi connectivity index (χ0n) is 9.39. The first-order valence-electron chi connectivity index (χ1n) is 5.69. The van der Waals surface area contributed by atoms with Crippen LogP contribution in [-0.2, 0) is 10.0 Å². The standard InChI is InChI=1S/C10H17N3O2S/c1-2-10(3-11)16(14,15)13-6-8-4-12-5-9(8)7-13/h8-10,12H,2,4-7H2,1H3/t8-,9+,10?. The normalized spacial score (nSPS) is 32.2. The highest BCUT2D eigenvalue weighted by atomic mass is 32.2. The summed E-state index contributed by atoms with van der Waals surface area (Å²) in [7, 11) is -3.40. The number of nitrogens with zero attached hydrogens (tertiary/aromatic N) is 2. The van der Waals surface area contributed by atoms with Gasteiger partial charge < -0.3 is 5.32 Å². The third-order valence-corrected chi connectivity index (χ3v) is 5.77. The fourth-order valence-corrected chi connectivity index (χ4v) is 4.28. The van der Waals surface area contributed by atoms with Gasteiger partial charge in [0.1, 0.15) is 0 Å². The lowest BCUT2D eigenvalue weighted by Crippen LogP contribution is -2.38. The van der Waals surface area contributed by atoms with Gasteiger partial charge in [0, 0.05) is 13.1 Å². The van der Waals surface area contributed by atoms with Crippen molar-refractivity contribution in [2.45, 2.75) is 18.6 Å². The fourth-order valence-electron chi connectivity index (χ4n) is 2.57. The quantitative estimate of drug-likeness (QED) is 0.743. The summed E-state index contributed by atoms with van der Waals surface area (Å²) in [4.78, 5) is 0. The Hall–Kier alpha value is -0.640. The van der Waals surface area contributed by atoms with E-state index in [1.165, 1.54) is 4.31 Å². The Morgan fingerprint density at radius 2 is 2.00 bits per heavy atom. The van der Waals surface area contributed by atoms with Crippen molar-refractivity contribution in [1.29, 1.82) is 5.26 Å². The first kappa shape index (κ1) is 11.8. The molecule has 0 aliphatic carbocycles. The van der Waals surface area contributed by atoms with Gasteiger partial charge >= 0.3 is 0 Å². The molecule has 0 saturated carbocycles. The number of nitriles is 1. The molecule has 0 aromatic rings. The molecule has 2 saturated heterocycles. The lowest BCUT2D eigenvalue weighted by Gasteiger charge is -2.19. The maximum Gasteiger partial charge on any atom is 0.230 e. The van der Waals surface area contributed by atoms with Crippen LogP contribution in [0.3, 0.4) is 0 Å². The van der Waals surface area contributed by atoms with E-state index in [9.17, 15) is 8.42 Å². The molecule has 2 heterocycles. The molecule has 0 amide bonds. The number of fused-ring (bicyclic) bond motifs is 1. The molecule has 2 aliphatic rings. The predicted molar refractivity (Wildman–Crippen MR) is 60.0 cm³/mol. The van der Waals surface area contributed by atoms with Crippen LogP contribution in [0.2, 0.25) is 0 Å². The van der Waals surface area contributed by atoms with Crippen molar-refractivity contribution in [3.05, 3.63) is 0 Å². The Morgan fingerprint density at radius 1 is 1.44 bits per heavy atom. The van der Waals surface area contributed by atoms with Crippen LogP contribution in [0.1, 0.15) is 13.3 Å². The lowest BCUT2D eigenvalue weighted by molar-refractivity contribution is 0.442. The summed E-state index contributed by atoms with van der Waals surface area (Å²) in [5, 5.41) is 11.2. The molecule has 1 unspecified atom stereocenters. The van der Waals surface area contributed by atoms with Crippen LogP contribution in [0.25, 0.3) is 0 Å². The molecule has 0 aromatic carbocycles. The van der Waals surface area contributed by atoms with Gasteiger partial charge in [0.25, 0.3) is 0 Å². The van der Waals surface area contributed by atoms with Gasteiger partial charge in [-0.1, -0.05) is 6.92 Å². The largest absolute Gasteiger partial charge is 0.316 e. The summed E-state index contributed by atoms with van der Waals surface area (Å²) >= 11 is 0. The molecule has 6 heteroatoms. The minimum absolute atomic E-state index is 0.364. The molecule has 90 valence electrons. The molecule has 2 rings (SSSR count). The van der Waals surface area contributed by atoms with Gasteiger partial charge in [0.2, 0.25) is 10.0 Å². The van der Waals surface area contributed by atoms with E-state index < -0.39 is 15.3 Å². The van der Waals surface area contributed by atoms with Gasteiger partial charge in [-0.05, 0) is 31.3 Å². The molecule has 0 bridgehead atoms. The first-order valence-corrected chi connectivity index (χ1v) is 7.19. The van der Waals surface area contributed by atoms with E-state index in [1.807, 2.05) is 6.07 Å². The van der Waals surface area contributed by atoms with E-state index in [4.69, 9.17) is 5.26 Å². The first-order chi connectivity index (χ1) is 7.59. The van der Waals surface area contributed by atoms with Crippen molar-refractivity contribution < 1.29 is 8.42 Å². The zero-order chi connectivity index (χ0) is 11.8. The van der Waals surface area contributed by atoms with Crippen molar-refractivity contribution >= 4 is 10.0 Å². The van der Waals surface area contributed by atoms with Crippen LogP contribution >= 0.6 is 0 Å². The maximum absolute atomic E-state index is 12.1. The molecule has 16 heavy (non-hydrogen) atoms. The van der Waals surface area contributed by atoms with Gasteiger partial charge in [0.05, 0.1) is 6.07 Å². The lowest BCUT2D eigenvalue weighted by atomic mass is 10.0. The van der Waals surface area contributed by atoms with Gasteiger partial charge in [-0.2, -0.15) is 5.26 Å². The van der Waals surface area contributed by atoms with Crippen LogP contribution < -0.4 is 5.32 Å². The summed E-state index contributed by atoms with van der Waals surface area (Å²) in [6, 6.07) is 1.89. The molecule has 0 spiro atoms. The Kier molecular flexibility index (Phi) is 3.19. The molecule has 2 fully saturated rings. The summed E-state index contributed by atoms with van der Waals surface area (Å²) in [6.07, 6.45) is 0.364. The number of nitrogens with one attached hydrogen (secondary N) is 1. The predicted octanol–water partition coefficient (Wildman–Crippen LogP) is -0.230. The number of rotatable bonds is 3. The van der Waals surface area contributed by atoms with Crippen LogP contribution in [0.4, 0.5) is 0 Å². The van der Waals surface area contributed by atoms with Gasteiger partial charge in [-0.25, -0.2) is 12.7 Å². The SMILES string of the molecule is CCC(C#N)S(=O)(=O)N1C[C@H]2CNC[C@H]2C1. The highest BCUT2D eigenvalue weighted by molar-refractivity contribution is 7.90. The third kappa shape index (κ3) is 1.83. The number of sulfonamides is 1. The van der Waals surface area contributed by atoms with Crippen molar-refractivity contribution in [3.63, 3.8) is 0 Å². The van der Waals surface area contributed by atoms with Crippen LogP contribution in [0, 0.1) is 23.2 Å². The molecule has 3 atom stereocenters. The van der Waals surface area contributed by atoms with Crippen LogP contribution in [0.5, 0.6) is 0 Å². The van der Waals surface area contributed by atoms with E-state index in [0.29, 0.717) is 31.3 Å². The highest BCUT2D eigenvalue weighted by Gasteiger charge is 2.43. The second kappa shape index (κ2) is 4.32. The highest BCUT2D eigenvalue weighted by Crippen LogP contribution is 2.29.